The third-order valence-corrected chi connectivity index (χ3v) is 4.59. The summed E-state index contributed by atoms with van der Waals surface area (Å²) in [5, 5.41) is 2.44. The topological polar surface area (TPSA) is 120 Å². The summed E-state index contributed by atoms with van der Waals surface area (Å²) in [5.74, 6) is -0.0818. The minimum absolute atomic E-state index is 0.214. The summed E-state index contributed by atoms with van der Waals surface area (Å²) in [4.78, 5) is 43.8. The van der Waals surface area contributed by atoms with E-state index < -0.39 is 18.1 Å². The number of amides is 1. The van der Waals surface area contributed by atoms with Gasteiger partial charge >= 0.3 is 12.1 Å². The number of alkyl carbamates (subject to hydrolysis) is 1. The first-order chi connectivity index (χ1) is 12.9. The normalized spacial score (nSPS) is 12.3. The van der Waals surface area contributed by atoms with Gasteiger partial charge in [0.2, 0.25) is 5.78 Å². The Morgan fingerprint density at radius 3 is 2.74 bits per heavy atom. The van der Waals surface area contributed by atoms with Crippen molar-refractivity contribution < 1.29 is 19.1 Å². The molecular weight excluding hydrogens is 354 g/mol. The number of rotatable bonds is 5. The number of methoxy groups -OCH3 is 2. The molecule has 0 aliphatic rings. The Bertz CT molecular complexity index is 1080. The Morgan fingerprint density at radius 2 is 2.07 bits per heavy atom. The Morgan fingerprint density at radius 1 is 1.33 bits per heavy atom. The van der Waals surface area contributed by atoms with Crippen molar-refractivity contribution in [2.24, 2.45) is 7.05 Å². The fourth-order valence-electron chi connectivity index (χ4n) is 3.18. The molecule has 1 amide bonds. The SMILES string of the molecule is COC(=O)NC(CCc1c(C)nc2n(C)c3cc[nH]c3c(=O)n12)C(=O)OC. The number of H-pyrrole nitrogens is 1. The van der Waals surface area contributed by atoms with Gasteiger partial charge in [-0.25, -0.2) is 19.0 Å². The molecule has 10 heteroatoms. The number of fused-ring (bicyclic) bond motifs is 2. The number of nitrogens with one attached hydrogen (secondary N) is 2. The van der Waals surface area contributed by atoms with Crippen molar-refractivity contribution in [3.8, 4) is 0 Å². The van der Waals surface area contributed by atoms with Crippen LogP contribution in [0.4, 0.5) is 4.79 Å². The van der Waals surface area contributed by atoms with E-state index in [2.05, 4.69) is 20.0 Å². The van der Waals surface area contributed by atoms with Crippen LogP contribution in [0.1, 0.15) is 17.8 Å². The third kappa shape index (κ3) is 3.14. The summed E-state index contributed by atoms with van der Waals surface area (Å²) in [6.07, 6.45) is 1.52. The van der Waals surface area contributed by atoms with Crippen LogP contribution in [0.3, 0.4) is 0 Å². The second-order valence-corrected chi connectivity index (χ2v) is 6.13. The molecule has 0 fully saturated rings. The number of aromatic amines is 1. The number of carbonyl (C=O) groups is 2. The van der Waals surface area contributed by atoms with E-state index >= 15 is 0 Å². The molecule has 27 heavy (non-hydrogen) atoms. The molecule has 0 radical (unpaired) electrons. The fraction of sp³-hybridized carbons (Fsp3) is 0.412. The van der Waals surface area contributed by atoms with Gasteiger partial charge in [0.05, 0.1) is 31.1 Å². The first kappa shape index (κ1) is 18.5. The van der Waals surface area contributed by atoms with Gasteiger partial charge in [-0.2, -0.15) is 0 Å². The van der Waals surface area contributed by atoms with E-state index in [0.29, 0.717) is 29.1 Å². The molecule has 0 saturated carbocycles. The molecule has 3 heterocycles. The van der Waals surface area contributed by atoms with Crippen LogP contribution >= 0.6 is 0 Å². The number of carbonyl (C=O) groups excluding carboxylic acids is 2. The predicted octanol–water partition coefficient (Wildman–Crippen LogP) is 0.653. The molecule has 1 unspecified atom stereocenters. The minimum Gasteiger partial charge on any atom is -0.467 e. The van der Waals surface area contributed by atoms with Crippen molar-refractivity contribution in [1.29, 1.82) is 0 Å². The second-order valence-electron chi connectivity index (χ2n) is 6.13. The maximum absolute atomic E-state index is 12.9. The highest BCUT2D eigenvalue weighted by atomic mass is 16.5. The molecule has 3 aromatic heterocycles. The van der Waals surface area contributed by atoms with Gasteiger partial charge in [0, 0.05) is 13.2 Å². The highest BCUT2D eigenvalue weighted by molar-refractivity contribution is 5.81. The van der Waals surface area contributed by atoms with Gasteiger partial charge in [-0.15, -0.1) is 0 Å². The molecule has 144 valence electrons. The van der Waals surface area contributed by atoms with E-state index in [-0.39, 0.29) is 12.0 Å². The van der Waals surface area contributed by atoms with E-state index in [9.17, 15) is 14.4 Å². The monoisotopic (exact) mass is 375 g/mol. The summed E-state index contributed by atoms with van der Waals surface area (Å²) < 4.78 is 12.6. The van der Waals surface area contributed by atoms with E-state index in [1.54, 1.807) is 13.1 Å². The van der Waals surface area contributed by atoms with Crippen molar-refractivity contribution in [3.63, 3.8) is 0 Å². The summed E-state index contributed by atoms with van der Waals surface area (Å²) in [6.45, 7) is 1.80. The largest absolute Gasteiger partial charge is 0.467 e. The molecule has 0 aliphatic heterocycles. The number of nitrogens with zero attached hydrogens (tertiary/aromatic N) is 3. The van der Waals surface area contributed by atoms with Crippen molar-refractivity contribution in [2.45, 2.75) is 25.8 Å². The maximum atomic E-state index is 12.9. The molecule has 0 aliphatic carbocycles. The summed E-state index contributed by atoms with van der Waals surface area (Å²) in [5.41, 5.74) is 2.36. The number of aromatic nitrogens is 4. The zero-order valence-electron chi connectivity index (χ0n) is 15.5. The molecule has 0 aromatic carbocycles. The summed E-state index contributed by atoms with van der Waals surface area (Å²) >= 11 is 0. The number of hydrogen-bond donors (Lipinski definition) is 2. The Hall–Kier alpha value is -3.30. The molecule has 3 rings (SSSR count). The van der Waals surface area contributed by atoms with E-state index in [0.717, 1.165) is 5.52 Å². The van der Waals surface area contributed by atoms with Crippen molar-refractivity contribution >= 4 is 28.9 Å². The Labute approximate surface area is 154 Å². The predicted molar refractivity (Wildman–Crippen MR) is 96.7 cm³/mol. The van der Waals surface area contributed by atoms with Crippen LogP contribution in [0.5, 0.6) is 0 Å². The highest BCUT2D eigenvalue weighted by Crippen LogP contribution is 2.17. The van der Waals surface area contributed by atoms with Crippen LogP contribution < -0.4 is 10.9 Å². The zero-order chi connectivity index (χ0) is 19.7. The van der Waals surface area contributed by atoms with Crippen LogP contribution in [0.2, 0.25) is 0 Å². The lowest BCUT2D eigenvalue weighted by atomic mass is 10.1. The van der Waals surface area contributed by atoms with Crippen molar-refractivity contribution in [1.82, 2.24) is 24.3 Å². The van der Waals surface area contributed by atoms with Gasteiger partial charge in [0.25, 0.3) is 5.56 Å². The highest BCUT2D eigenvalue weighted by Gasteiger charge is 2.24. The van der Waals surface area contributed by atoms with Gasteiger partial charge in [0.15, 0.2) is 0 Å². The van der Waals surface area contributed by atoms with E-state index in [4.69, 9.17) is 4.74 Å². The second kappa shape index (κ2) is 7.14. The van der Waals surface area contributed by atoms with Crippen LogP contribution in [0.25, 0.3) is 16.8 Å². The van der Waals surface area contributed by atoms with Crippen LogP contribution in [-0.2, 0) is 27.7 Å². The van der Waals surface area contributed by atoms with Gasteiger partial charge in [-0.3, -0.25) is 4.79 Å². The lowest BCUT2D eigenvalue weighted by molar-refractivity contribution is -0.143. The smallest absolute Gasteiger partial charge is 0.407 e. The third-order valence-electron chi connectivity index (χ3n) is 4.59. The van der Waals surface area contributed by atoms with Crippen molar-refractivity contribution in [2.75, 3.05) is 14.2 Å². The van der Waals surface area contributed by atoms with E-state index in [1.165, 1.54) is 18.6 Å². The lowest BCUT2D eigenvalue weighted by Crippen LogP contribution is -2.41. The lowest BCUT2D eigenvalue weighted by Gasteiger charge is -2.15. The maximum Gasteiger partial charge on any atom is 0.407 e. The minimum atomic E-state index is -0.898. The van der Waals surface area contributed by atoms with Gasteiger partial charge in [0.1, 0.15) is 11.6 Å². The Kier molecular flexibility index (Phi) is 4.89. The average molecular weight is 375 g/mol. The fourth-order valence-corrected chi connectivity index (χ4v) is 3.18. The molecule has 3 aromatic rings. The van der Waals surface area contributed by atoms with Crippen molar-refractivity contribution in [3.05, 3.63) is 34.0 Å². The number of ether oxygens (including phenoxy) is 2. The van der Waals surface area contributed by atoms with Crippen LogP contribution in [0.15, 0.2) is 17.1 Å². The molecule has 0 bridgehead atoms. The molecule has 0 spiro atoms. The quantitative estimate of drug-likeness (QED) is 0.632. The zero-order valence-corrected chi connectivity index (χ0v) is 15.5. The number of esters is 1. The molecule has 10 nitrogen and oxygen atoms in total. The van der Waals surface area contributed by atoms with E-state index in [1.807, 2.05) is 17.7 Å². The first-order valence-electron chi connectivity index (χ1n) is 8.35. The number of aryl methyl sites for hydroxylation is 3. The summed E-state index contributed by atoms with van der Waals surface area (Å²) in [7, 11) is 4.28. The Balaban J connectivity index is 2.00. The van der Waals surface area contributed by atoms with Gasteiger partial charge < -0.3 is 24.3 Å². The molecule has 2 N–H and O–H groups in total. The number of hydrogen-bond acceptors (Lipinski definition) is 6. The first-order valence-corrected chi connectivity index (χ1v) is 8.35. The van der Waals surface area contributed by atoms with Gasteiger partial charge in [-0.1, -0.05) is 0 Å². The standard InChI is InChI=1S/C17H21N5O5/c1-9-11(6-5-10(15(24)26-3)20-17(25)27-4)22-14(23)13-12(7-8-18-13)21(2)16(22)19-9/h7-8,10,18H,5-6H2,1-4H3,(H,20,25). The summed E-state index contributed by atoms with van der Waals surface area (Å²) in [6, 6.07) is 0.916. The molecule has 1 atom stereocenters. The molecular formula is C17H21N5O5. The van der Waals surface area contributed by atoms with Gasteiger partial charge in [-0.05, 0) is 25.8 Å². The molecule has 0 saturated heterocycles. The number of imidazole rings is 1. The average Bonchev–Trinajstić information content (AvgIpc) is 3.27. The van der Waals surface area contributed by atoms with Crippen LogP contribution in [-0.4, -0.2) is 51.3 Å². The van der Waals surface area contributed by atoms with Crippen LogP contribution in [0, 0.1) is 6.92 Å².